The topological polar surface area (TPSA) is 25.2 Å². The van der Waals surface area contributed by atoms with E-state index in [9.17, 15) is 8.78 Å². The first kappa shape index (κ1) is 16.5. The molecule has 1 aromatic carbocycles. The molecule has 0 aliphatic heterocycles. The molecule has 0 fully saturated rings. The van der Waals surface area contributed by atoms with Gasteiger partial charge < -0.3 is 9.73 Å². The highest BCUT2D eigenvalue weighted by atomic mass is 35.5. The first-order chi connectivity index (χ1) is 9.95. The van der Waals surface area contributed by atoms with Crippen molar-refractivity contribution in [1.82, 2.24) is 0 Å². The van der Waals surface area contributed by atoms with Gasteiger partial charge >= 0.3 is 0 Å². The Kier molecular flexibility index (Phi) is 5.79. The molecule has 21 heavy (non-hydrogen) atoms. The molecule has 0 atom stereocenters. The highest BCUT2D eigenvalue weighted by Crippen LogP contribution is 2.29. The Morgan fingerprint density at radius 1 is 1.19 bits per heavy atom. The largest absolute Gasteiger partial charge is 0.463 e. The summed E-state index contributed by atoms with van der Waals surface area (Å²) >= 11 is 12.7. The average molecular weight is 352 g/mol. The van der Waals surface area contributed by atoms with Gasteiger partial charge in [-0.25, -0.2) is 0 Å². The SMILES string of the molecule is Cc1cc(Cl)c(NCc2ccc(CSC(F)F)o2)cc1Cl. The summed E-state index contributed by atoms with van der Waals surface area (Å²) in [6, 6.07) is 6.96. The van der Waals surface area contributed by atoms with Crippen LogP contribution in [0.2, 0.25) is 10.0 Å². The van der Waals surface area contributed by atoms with Crippen LogP contribution in [0.15, 0.2) is 28.7 Å². The molecule has 1 heterocycles. The molecule has 0 saturated carbocycles. The molecule has 1 aromatic heterocycles. The molecular weight excluding hydrogens is 339 g/mol. The molecule has 0 amide bonds. The Labute approximate surface area is 135 Å². The fourth-order valence-corrected chi connectivity index (χ4v) is 2.60. The van der Waals surface area contributed by atoms with Crippen molar-refractivity contribution < 1.29 is 13.2 Å². The van der Waals surface area contributed by atoms with Crippen LogP contribution in [0, 0.1) is 6.92 Å². The van der Waals surface area contributed by atoms with Crippen LogP contribution in [0.1, 0.15) is 17.1 Å². The molecule has 0 radical (unpaired) electrons. The van der Waals surface area contributed by atoms with E-state index >= 15 is 0 Å². The summed E-state index contributed by atoms with van der Waals surface area (Å²) in [6.07, 6.45) is 0. The lowest BCUT2D eigenvalue weighted by atomic mass is 10.2. The van der Waals surface area contributed by atoms with Gasteiger partial charge in [0.05, 0.1) is 23.0 Å². The second-order valence-electron chi connectivity index (χ2n) is 4.37. The van der Waals surface area contributed by atoms with Crippen molar-refractivity contribution in [1.29, 1.82) is 0 Å². The number of benzene rings is 1. The monoisotopic (exact) mass is 351 g/mol. The molecular formula is C14H13Cl2F2NOS. The molecule has 2 nitrogen and oxygen atoms in total. The zero-order chi connectivity index (χ0) is 15.4. The van der Waals surface area contributed by atoms with Crippen LogP contribution < -0.4 is 5.32 Å². The third kappa shape index (κ3) is 4.80. The van der Waals surface area contributed by atoms with Crippen LogP contribution in [0.5, 0.6) is 0 Å². The van der Waals surface area contributed by atoms with E-state index in [1.165, 1.54) is 0 Å². The molecule has 2 aromatic rings. The molecule has 0 bridgehead atoms. The van der Waals surface area contributed by atoms with Crippen LogP contribution in [0.4, 0.5) is 14.5 Å². The average Bonchev–Trinajstić information content (AvgIpc) is 2.87. The van der Waals surface area contributed by atoms with Crippen LogP contribution in [-0.4, -0.2) is 5.76 Å². The quantitative estimate of drug-likeness (QED) is 0.694. The normalized spacial score (nSPS) is 11.1. The van der Waals surface area contributed by atoms with E-state index in [1.807, 2.05) is 6.92 Å². The minimum absolute atomic E-state index is 0.148. The fraction of sp³-hybridized carbons (Fsp3) is 0.286. The molecule has 7 heteroatoms. The van der Waals surface area contributed by atoms with Crippen molar-refractivity contribution in [2.24, 2.45) is 0 Å². The number of hydrogen-bond acceptors (Lipinski definition) is 3. The summed E-state index contributed by atoms with van der Waals surface area (Å²) in [5, 5.41) is 4.30. The summed E-state index contributed by atoms with van der Waals surface area (Å²) in [7, 11) is 0. The van der Waals surface area contributed by atoms with Gasteiger partial charge in [-0.3, -0.25) is 0 Å². The Morgan fingerprint density at radius 3 is 2.62 bits per heavy atom. The Morgan fingerprint density at radius 2 is 1.90 bits per heavy atom. The zero-order valence-corrected chi connectivity index (χ0v) is 13.5. The van der Waals surface area contributed by atoms with Gasteiger partial charge in [0, 0.05) is 5.02 Å². The van der Waals surface area contributed by atoms with Gasteiger partial charge in [-0.2, -0.15) is 8.78 Å². The maximum absolute atomic E-state index is 12.1. The standard InChI is InChI=1S/C14H13Cl2F2NOS/c1-8-4-12(16)13(5-11(8)15)19-6-9-2-3-10(20-9)7-21-14(17)18/h2-5,14,19H,6-7H2,1H3. The molecule has 0 aliphatic rings. The summed E-state index contributed by atoms with van der Waals surface area (Å²) in [5.74, 6) is -1.09. The second kappa shape index (κ2) is 7.38. The predicted molar refractivity (Wildman–Crippen MR) is 84.5 cm³/mol. The van der Waals surface area contributed by atoms with Crippen molar-refractivity contribution in [3.63, 3.8) is 0 Å². The predicted octanol–water partition coefficient (Wildman–Crippen LogP) is 5.96. The summed E-state index contributed by atoms with van der Waals surface area (Å²) < 4.78 is 29.6. The lowest BCUT2D eigenvalue weighted by Gasteiger charge is -2.09. The van der Waals surface area contributed by atoms with Gasteiger partial charge in [-0.15, -0.1) is 0 Å². The van der Waals surface area contributed by atoms with E-state index in [0.717, 1.165) is 5.56 Å². The van der Waals surface area contributed by atoms with Crippen LogP contribution in [0.25, 0.3) is 0 Å². The van der Waals surface area contributed by atoms with Gasteiger partial charge in [0.1, 0.15) is 11.5 Å². The first-order valence-corrected chi connectivity index (χ1v) is 7.93. The maximum Gasteiger partial charge on any atom is 0.284 e. The summed E-state index contributed by atoms with van der Waals surface area (Å²) in [4.78, 5) is 0. The summed E-state index contributed by atoms with van der Waals surface area (Å²) in [5.41, 5.74) is 1.60. The van der Waals surface area contributed by atoms with Gasteiger partial charge in [-0.1, -0.05) is 35.0 Å². The smallest absolute Gasteiger partial charge is 0.284 e. The van der Waals surface area contributed by atoms with Gasteiger partial charge in [-0.05, 0) is 36.8 Å². The number of hydrogen-bond donors (Lipinski definition) is 1. The Bertz CT molecular complexity index is 619. The van der Waals surface area contributed by atoms with Crippen molar-refractivity contribution >= 4 is 40.7 Å². The zero-order valence-electron chi connectivity index (χ0n) is 11.1. The van der Waals surface area contributed by atoms with Crippen LogP contribution in [0.3, 0.4) is 0 Å². The molecule has 114 valence electrons. The molecule has 2 rings (SSSR count). The van der Waals surface area contributed by atoms with Crippen molar-refractivity contribution in [3.05, 3.63) is 51.4 Å². The van der Waals surface area contributed by atoms with E-state index in [-0.39, 0.29) is 5.75 Å². The molecule has 0 spiro atoms. The number of thioether (sulfide) groups is 1. The molecule has 0 saturated heterocycles. The molecule has 1 N–H and O–H groups in total. The molecule has 0 unspecified atom stereocenters. The number of aryl methyl sites for hydroxylation is 1. The number of rotatable bonds is 6. The van der Waals surface area contributed by atoms with Crippen molar-refractivity contribution in [2.75, 3.05) is 5.32 Å². The highest BCUT2D eigenvalue weighted by molar-refractivity contribution is 7.98. The van der Waals surface area contributed by atoms with E-state index in [4.69, 9.17) is 27.6 Å². The minimum Gasteiger partial charge on any atom is -0.463 e. The maximum atomic E-state index is 12.1. The van der Waals surface area contributed by atoms with Crippen LogP contribution in [-0.2, 0) is 12.3 Å². The third-order valence-electron chi connectivity index (χ3n) is 2.77. The first-order valence-electron chi connectivity index (χ1n) is 6.12. The highest BCUT2D eigenvalue weighted by Gasteiger charge is 2.09. The lowest BCUT2D eigenvalue weighted by Crippen LogP contribution is -1.99. The third-order valence-corrected chi connectivity index (χ3v) is 4.19. The number of anilines is 1. The molecule has 0 aliphatic carbocycles. The Balaban J connectivity index is 1.96. The van der Waals surface area contributed by atoms with E-state index < -0.39 is 5.76 Å². The summed E-state index contributed by atoms with van der Waals surface area (Å²) in [6.45, 7) is 2.27. The lowest BCUT2D eigenvalue weighted by molar-refractivity contribution is 0.251. The van der Waals surface area contributed by atoms with Gasteiger partial charge in [0.25, 0.3) is 5.76 Å². The van der Waals surface area contributed by atoms with Crippen molar-refractivity contribution in [2.45, 2.75) is 25.0 Å². The number of furan rings is 1. The number of halogens is 4. The van der Waals surface area contributed by atoms with Crippen LogP contribution >= 0.6 is 35.0 Å². The van der Waals surface area contributed by atoms with Gasteiger partial charge in [0.15, 0.2) is 0 Å². The Hall–Kier alpha value is -0.910. The number of alkyl halides is 2. The van der Waals surface area contributed by atoms with Crippen molar-refractivity contribution in [3.8, 4) is 0 Å². The van der Waals surface area contributed by atoms with Gasteiger partial charge in [0.2, 0.25) is 0 Å². The fourth-order valence-electron chi connectivity index (χ4n) is 1.70. The second-order valence-corrected chi connectivity index (χ2v) is 6.17. The number of nitrogens with one attached hydrogen (secondary N) is 1. The van der Waals surface area contributed by atoms with E-state index in [0.29, 0.717) is 45.6 Å². The minimum atomic E-state index is -2.40. The van der Waals surface area contributed by atoms with E-state index in [2.05, 4.69) is 5.32 Å². The van der Waals surface area contributed by atoms with E-state index in [1.54, 1.807) is 24.3 Å².